The third-order valence-electron chi connectivity index (χ3n) is 4.38. The molecule has 1 aromatic heterocycles. The molecule has 0 bridgehead atoms. The van der Waals surface area contributed by atoms with E-state index < -0.39 is 21.7 Å². The molecule has 1 aliphatic heterocycles. The molecule has 0 saturated carbocycles. The lowest BCUT2D eigenvalue weighted by molar-refractivity contribution is 0.589. The zero-order valence-corrected chi connectivity index (χ0v) is 16.4. The van der Waals surface area contributed by atoms with Crippen LogP contribution >= 0.6 is 11.8 Å². The van der Waals surface area contributed by atoms with Crippen LogP contribution in [0, 0.1) is 11.6 Å². The van der Waals surface area contributed by atoms with Gasteiger partial charge in [0.05, 0.1) is 17.6 Å². The van der Waals surface area contributed by atoms with E-state index in [-0.39, 0.29) is 27.9 Å². The van der Waals surface area contributed by atoms with Crippen LogP contribution in [0.15, 0.2) is 58.7 Å². The molecule has 0 radical (unpaired) electrons. The van der Waals surface area contributed by atoms with Crippen LogP contribution in [0.25, 0.3) is 11.3 Å². The predicted octanol–water partition coefficient (Wildman–Crippen LogP) is 4.24. The first kappa shape index (κ1) is 18.8. The molecule has 1 aliphatic rings. The van der Waals surface area contributed by atoms with Gasteiger partial charge >= 0.3 is 0 Å². The predicted molar refractivity (Wildman–Crippen MR) is 104 cm³/mol. The number of aromatic nitrogens is 2. The zero-order chi connectivity index (χ0) is 19.9. The largest absolute Gasteiger partial charge is 0.268 e. The molecular weight excluding hydrogens is 404 g/mol. The topological polar surface area (TPSA) is 63.2 Å². The number of sulfonamides is 1. The smallest absolute Gasteiger partial charge is 0.266 e. The van der Waals surface area contributed by atoms with Crippen molar-refractivity contribution in [3.8, 4) is 11.3 Å². The monoisotopic (exact) mass is 419 g/mol. The van der Waals surface area contributed by atoms with Crippen molar-refractivity contribution in [3.63, 3.8) is 0 Å². The SMILES string of the molecule is CCN1c2ccccc2-c2nc(SCc3cc(F)ccc3F)ncc2S1(=O)=O. The minimum Gasteiger partial charge on any atom is -0.266 e. The number of fused-ring (bicyclic) bond motifs is 3. The van der Waals surface area contributed by atoms with Crippen molar-refractivity contribution in [3.05, 3.63) is 65.9 Å². The van der Waals surface area contributed by atoms with Crippen molar-refractivity contribution in [1.29, 1.82) is 0 Å². The first-order chi connectivity index (χ1) is 13.4. The number of anilines is 1. The van der Waals surface area contributed by atoms with Gasteiger partial charge in [-0.25, -0.2) is 27.2 Å². The van der Waals surface area contributed by atoms with E-state index in [9.17, 15) is 17.2 Å². The van der Waals surface area contributed by atoms with Crippen molar-refractivity contribution < 1.29 is 17.2 Å². The molecule has 2 heterocycles. The number of nitrogens with zero attached hydrogens (tertiary/aromatic N) is 3. The number of benzene rings is 2. The fraction of sp³-hybridized carbons (Fsp3) is 0.158. The second-order valence-corrected chi connectivity index (χ2v) is 8.85. The Morgan fingerprint density at radius 3 is 2.71 bits per heavy atom. The van der Waals surface area contributed by atoms with Crippen LogP contribution < -0.4 is 4.31 Å². The number of halogens is 2. The van der Waals surface area contributed by atoms with Crippen LogP contribution in [0.5, 0.6) is 0 Å². The lowest BCUT2D eigenvalue weighted by atomic mass is 10.1. The molecule has 28 heavy (non-hydrogen) atoms. The van der Waals surface area contributed by atoms with Gasteiger partial charge in [0, 0.05) is 23.4 Å². The average Bonchev–Trinajstić information content (AvgIpc) is 2.69. The molecule has 0 fully saturated rings. The van der Waals surface area contributed by atoms with Crippen molar-refractivity contribution in [2.45, 2.75) is 22.7 Å². The van der Waals surface area contributed by atoms with Crippen LogP contribution in [0.2, 0.25) is 0 Å². The maximum atomic E-state index is 13.8. The van der Waals surface area contributed by atoms with Gasteiger partial charge in [-0.1, -0.05) is 30.0 Å². The number of thioether (sulfide) groups is 1. The average molecular weight is 419 g/mol. The summed E-state index contributed by atoms with van der Waals surface area (Å²) in [7, 11) is -3.75. The van der Waals surface area contributed by atoms with Gasteiger partial charge in [-0.15, -0.1) is 0 Å². The highest BCUT2D eigenvalue weighted by Gasteiger charge is 2.35. The third-order valence-corrected chi connectivity index (χ3v) is 7.18. The summed E-state index contributed by atoms with van der Waals surface area (Å²) in [6, 6.07) is 10.4. The van der Waals surface area contributed by atoms with E-state index in [0.29, 0.717) is 16.9 Å². The second-order valence-electron chi connectivity index (χ2n) is 6.08. The van der Waals surface area contributed by atoms with E-state index >= 15 is 0 Å². The Labute approximate surface area is 165 Å². The molecule has 0 spiro atoms. The van der Waals surface area contributed by atoms with Gasteiger partial charge < -0.3 is 0 Å². The molecule has 2 aromatic carbocycles. The lowest BCUT2D eigenvalue weighted by Gasteiger charge is -2.30. The van der Waals surface area contributed by atoms with Crippen LogP contribution in [0.4, 0.5) is 14.5 Å². The maximum Gasteiger partial charge on any atom is 0.268 e. The first-order valence-corrected chi connectivity index (χ1v) is 10.9. The van der Waals surface area contributed by atoms with E-state index in [0.717, 1.165) is 30.0 Å². The molecule has 0 aliphatic carbocycles. The van der Waals surface area contributed by atoms with Gasteiger partial charge in [0.2, 0.25) is 0 Å². The molecule has 4 rings (SSSR count). The Hall–Kier alpha value is -2.52. The highest BCUT2D eigenvalue weighted by molar-refractivity contribution is 7.98. The summed E-state index contributed by atoms with van der Waals surface area (Å²) in [6.45, 7) is 2.05. The quantitative estimate of drug-likeness (QED) is 0.468. The molecule has 0 saturated heterocycles. The molecule has 0 atom stereocenters. The highest BCUT2D eigenvalue weighted by Crippen LogP contribution is 2.42. The molecular formula is C19H15F2N3O2S2. The fourth-order valence-electron chi connectivity index (χ4n) is 3.08. The number of hydrogen-bond donors (Lipinski definition) is 0. The Morgan fingerprint density at radius 2 is 1.93 bits per heavy atom. The summed E-state index contributed by atoms with van der Waals surface area (Å²) in [5.41, 5.74) is 1.76. The maximum absolute atomic E-state index is 13.8. The van der Waals surface area contributed by atoms with Crippen molar-refractivity contribution in [1.82, 2.24) is 9.97 Å². The molecule has 5 nitrogen and oxygen atoms in total. The molecule has 3 aromatic rings. The minimum atomic E-state index is -3.75. The summed E-state index contributed by atoms with van der Waals surface area (Å²) in [4.78, 5) is 8.58. The van der Waals surface area contributed by atoms with Crippen LogP contribution in [0.3, 0.4) is 0 Å². The Balaban J connectivity index is 1.73. The van der Waals surface area contributed by atoms with Gasteiger partial charge in [-0.2, -0.15) is 0 Å². The van der Waals surface area contributed by atoms with Gasteiger partial charge in [0.1, 0.15) is 16.5 Å². The third kappa shape index (κ3) is 3.14. The Kier molecular flexibility index (Phi) is 4.80. The normalized spacial score (nSPS) is 14.5. The summed E-state index contributed by atoms with van der Waals surface area (Å²) in [5, 5.41) is 0.289. The Bertz CT molecular complexity index is 1170. The fourth-order valence-corrected chi connectivity index (χ4v) is 5.45. The zero-order valence-electron chi connectivity index (χ0n) is 14.8. The summed E-state index contributed by atoms with van der Waals surface area (Å²) in [6.07, 6.45) is 1.28. The van der Waals surface area contributed by atoms with E-state index in [4.69, 9.17) is 0 Å². The standard InChI is InChI=1S/C19H15F2N3O2S2/c1-2-24-16-6-4-3-5-14(16)18-17(28(24,25)26)10-22-19(23-18)27-11-12-9-13(20)7-8-15(12)21/h3-10H,2,11H2,1H3. The van der Waals surface area contributed by atoms with E-state index in [2.05, 4.69) is 9.97 Å². The minimum absolute atomic E-state index is 0.0364. The number of hydrogen-bond acceptors (Lipinski definition) is 5. The number of para-hydroxylation sites is 1. The van der Waals surface area contributed by atoms with Gasteiger partial charge in [0.25, 0.3) is 10.0 Å². The molecule has 144 valence electrons. The van der Waals surface area contributed by atoms with Crippen molar-refractivity contribution in [2.75, 3.05) is 10.8 Å². The molecule has 0 amide bonds. The Morgan fingerprint density at radius 1 is 1.14 bits per heavy atom. The second kappa shape index (κ2) is 7.14. The van der Waals surface area contributed by atoms with E-state index in [1.54, 1.807) is 25.1 Å². The summed E-state index contributed by atoms with van der Waals surface area (Å²) in [5.74, 6) is -0.917. The lowest BCUT2D eigenvalue weighted by Crippen LogP contribution is -2.34. The highest BCUT2D eigenvalue weighted by atomic mass is 32.2. The van der Waals surface area contributed by atoms with E-state index in [1.165, 1.54) is 10.5 Å². The molecule has 0 N–H and O–H groups in total. The molecule has 0 unspecified atom stereocenters. The van der Waals surface area contributed by atoms with Crippen molar-refractivity contribution in [2.24, 2.45) is 0 Å². The number of rotatable bonds is 4. The van der Waals surface area contributed by atoms with Gasteiger partial charge in [-0.3, -0.25) is 4.31 Å². The van der Waals surface area contributed by atoms with Crippen LogP contribution in [0.1, 0.15) is 12.5 Å². The van der Waals surface area contributed by atoms with Gasteiger partial charge in [0.15, 0.2) is 5.16 Å². The first-order valence-electron chi connectivity index (χ1n) is 8.47. The van der Waals surface area contributed by atoms with Crippen LogP contribution in [-0.2, 0) is 15.8 Å². The van der Waals surface area contributed by atoms with Crippen molar-refractivity contribution >= 4 is 27.5 Å². The van der Waals surface area contributed by atoms with Crippen LogP contribution in [-0.4, -0.2) is 24.9 Å². The van der Waals surface area contributed by atoms with E-state index in [1.807, 2.05) is 6.07 Å². The molecule has 9 heteroatoms. The summed E-state index contributed by atoms with van der Waals surface area (Å²) >= 11 is 1.11. The summed E-state index contributed by atoms with van der Waals surface area (Å²) < 4.78 is 54.3. The van der Waals surface area contributed by atoms with Gasteiger partial charge in [-0.05, 0) is 31.2 Å².